The van der Waals surface area contributed by atoms with Gasteiger partial charge in [-0.25, -0.2) is 9.78 Å². The molecule has 0 saturated carbocycles. The minimum Gasteiger partial charge on any atom is -0.462 e. The minimum absolute atomic E-state index is 0.0577. The summed E-state index contributed by atoms with van der Waals surface area (Å²) < 4.78 is 11.8. The summed E-state index contributed by atoms with van der Waals surface area (Å²) in [5.41, 5.74) is 1.86. The molecule has 0 aliphatic carbocycles. The van der Waals surface area contributed by atoms with Gasteiger partial charge in [0.25, 0.3) is 6.47 Å². The molecule has 12 nitrogen and oxygen atoms in total. The number of nitrogens with zero attached hydrogens (tertiary/aromatic N) is 3. The molecule has 2 amide bonds. The molecular weight excluding hydrogens is 644 g/mol. The maximum absolute atomic E-state index is 12.4. The van der Waals surface area contributed by atoms with Gasteiger partial charge < -0.3 is 29.8 Å². The third kappa shape index (κ3) is 14.1. The molecule has 4 rings (SSSR count). The number of imidazole rings is 1. The summed E-state index contributed by atoms with van der Waals surface area (Å²) in [6.45, 7) is 14.2. The van der Waals surface area contributed by atoms with Gasteiger partial charge in [0.1, 0.15) is 29.3 Å². The van der Waals surface area contributed by atoms with E-state index in [1.54, 1.807) is 23.3 Å². The Balaban J connectivity index is 0.000000294. The number of likely N-dealkylation sites (N-methyl/N-ethyl adjacent to an activating group) is 1. The van der Waals surface area contributed by atoms with Crippen molar-refractivity contribution in [1.29, 1.82) is 0 Å². The minimum atomic E-state index is -0.512. The summed E-state index contributed by atoms with van der Waals surface area (Å²) in [5.74, 6) is 0.794. The molecule has 0 fully saturated rings. The summed E-state index contributed by atoms with van der Waals surface area (Å²) in [4.78, 5) is 52.5. The van der Waals surface area contributed by atoms with Gasteiger partial charge in [-0.05, 0) is 78.3 Å². The average Bonchev–Trinajstić information content (AvgIpc) is 3.61. The molecule has 13 heteroatoms. The van der Waals surface area contributed by atoms with Gasteiger partial charge in [0.05, 0.1) is 17.6 Å². The second kappa shape index (κ2) is 19.3. The molecule has 1 unspecified atom stereocenters. The van der Waals surface area contributed by atoms with Gasteiger partial charge in [-0.1, -0.05) is 60.7 Å². The van der Waals surface area contributed by atoms with Crippen molar-refractivity contribution in [1.82, 2.24) is 19.6 Å². The number of amides is 2. The van der Waals surface area contributed by atoms with E-state index in [1.807, 2.05) is 127 Å². The summed E-state index contributed by atoms with van der Waals surface area (Å²) in [5, 5.41) is 8.76. The van der Waals surface area contributed by atoms with Crippen molar-refractivity contribution in [2.45, 2.75) is 72.1 Å². The normalized spacial score (nSPS) is 11.5. The lowest BCUT2D eigenvalue weighted by Crippen LogP contribution is -2.41. The van der Waals surface area contributed by atoms with Crippen LogP contribution in [0.5, 0.6) is 0 Å². The van der Waals surface area contributed by atoms with Crippen LogP contribution in [0.3, 0.4) is 0 Å². The number of carbonyl (C=O) groups excluding carboxylic acids is 4. The van der Waals surface area contributed by atoms with Crippen molar-refractivity contribution in [2.75, 3.05) is 37.8 Å². The molecule has 0 aliphatic rings. The van der Waals surface area contributed by atoms with Gasteiger partial charge in [0.2, 0.25) is 5.91 Å². The summed E-state index contributed by atoms with van der Waals surface area (Å²) >= 11 is 1.61. The van der Waals surface area contributed by atoms with Gasteiger partial charge in [0.15, 0.2) is 4.96 Å². The number of fused-ring (bicyclic) bond motifs is 1. The predicted octanol–water partition coefficient (Wildman–Crippen LogP) is 6.79. The summed E-state index contributed by atoms with van der Waals surface area (Å²) in [6.07, 6.45) is 5.15. The number of anilines is 2. The predicted molar refractivity (Wildman–Crippen MR) is 196 cm³/mol. The molecule has 49 heavy (non-hydrogen) atoms. The van der Waals surface area contributed by atoms with E-state index in [-0.39, 0.29) is 18.1 Å². The number of thiazole rings is 1. The number of aldehydes is 1. The van der Waals surface area contributed by atoms with Crippen LogP contribution in [-0.4, -0.2) is 77.4 Å². The average molecular weight is 695 g/mol. The number of ether oxygens (including phenoxy) is 2. The van der Waals surface area contributed by atoms with Crippen molar-refractivity contribution in [3.05, 3.63) is 72.6 Å². The van der Waals surface area contributed by atoms with Crippen LogP contribution < -0.4 is 16.0 Å². The Morgan fingerprint density at radius 2 is 1.61 bits per heavy atom. The first-order chi connectivity index (χ1) is 23.1. The fourth-order valence-electron chi connectivity index (χ4n) is 4.25. The first-order valence-corrected chi connectivity index (χ1v) is 16.8. The Morgan fingerprint density at radius 1 is 0.959 bits per heavy atom. The SMILES string of the molecule is CC(C)(C)OC=O.CCCN(CC=O)C(=O)C(NC)c1ccccc1.CNc1cn2cc(-c3ccc(NC(=O)OC(C)(C)C)cc3)sc2n1. The second-order valence-electron chi connectivity index (χ2n) is 12.8. The van der Waals surface area contributed by atoms with E-state index in [0.29, 0.717) is 18.7 Å². The molecule has 2 heterocycles. The molecule has 0 radical (unpaired) electrons. The molecule has 2 aromatic carbocycles. The molecule has 0 spiro atoms. The number of hydrogen-bond acceptors (Lipinski definition) is 10. The number of nitrogens with one attached hydrogen (secondary N) is 3. The number of carbonyl (C=O) groups is 4. The smallest absolute Gasteiger partial charge is 0.412 e. The Labute approximate surface area is 293 Å². The van der Waals surface area contributed by atoms with Gasteiger partial charge in [-0.2, -0.15) is 0 Å². The molecule has 4 aromatic rings. The third-order valence-corrected chi connectivity index (χ3v) is 7.44. The van der Waals surface area contributed by atoms with E-state index in [1.165, 1.54) is 0 Å². The van der Waals surface area contributed by atoms with Crippen LogP contribution in [0.15, 0.2) is 67.0 Å². The van der Waals surface area contributed by atoms with Crippen molar-refractivity contribution in [3.63, 3.8) is 0 Å². The molecule has 2 aromatic heterocycles. The zero-order valence-electron chi connectivity index (χ0n) is 29.9. The van der Waals surface area contributed by atoms with Crippen LogP contribution in [0.2, 0.25) is 0 Å². The zero-order valence-corrected chi connectivity index (χ0v) is 30.7. The van der Waals surface area contributed by atoms with Crippen molar-refractivity contribution < 1.29 is 28.7 Å². The topological polar surface area (TPSA) is 143 Å². The molecule has 0 saturated heterocycles. The Kier molecular flexibility index (Phi) is 15.9. The van der Waals surface area contributed by atoms with Crippen LogP contribution in [0, 0.1) is 0 Å². The van der Waals surface area contributed by atoms with E-state index in [2.05, 4.69) is 25.7 Å². The van der Waals surface area contributed by atoms with Gasteiger partial charge in [0, 0.05) is 25.5 Å². The van der Waals surface area contributed by atoms with Crippen LogP contribution in [-0.2, 0) is 23.9 Å². The Morgan fingerprint density at radius 3 is 2.08 bits per heavy atom. The molecule has 1 atom stereocenters. The highest BCUT2D eigenvalue weighted by Gasteiger charge is 2.23. The van der Waals surface area contributed by atoms with Crippen molar-refractivity contribution in [2.24, 2.45) is 0 Å². The zero-order chi connectivity index (χ0) is 36.6. The third-order valence-electron chi connectivity index (χ3n) is 6.40. The highest BCUT2D eigenvalue weighted by molar-refractivity contribution is 7.20. The second-order valence-corrected chi connectivity index (χ2v) is 13.8. The fraction of sp³-hybridized carbons (Fsp3) is 0.417. The van der Waals surface area contributed by atoms with Crippen LogP contribution in [0.1, 0.15) is 66.5 Å². The first kappa shape index (κ1) is 40.4. The van der Waals surface area contributed by atoms with Gasteiger partial charge in [-0.3, -0.25) is 19.3 Å². The van der Waals surface area contributed by atoms with Crippen LogP contribution in [0.25, 0.3) is 15.4 Å². The van der Waals surface area contributed by atoms with E-state index in [4.69, 9.17) is 4.74 Å². The standard InChI is InChI=1S/C17H20N4O2S.C14H20N2O2.C5H10O2/c1-17(2,3)23-16(22)19-12-7-5-11(6-8-12)13-9-21-10-14(18-4)20-15(21)24-13;1-3-9-16(10-11-17)14(18)13(15-2)12-7-5-4-6-8-12;1-5(2,3)7-4-6/h5-10,18H,1-4H3,(H,19,22);4-8,11,13,15H,3,9-10H2,1-2H3;4H,1-3H3. The molecule has 0 aliphatic heterocycles. The van der Waals surface area contributed by atoms with E-state index in [0.717, 1.165) is 39.5 Å². The highest BCUT2D eigenvalue weighted by Crippen LogP contribution is 2.30. The van der Waals surface area contributed by atoms with Crippen molar-refractivity contribution >= 4 is 52.6 Å². The van der Waals surface area contributed by atoms with E-state index >= 15 is 0 Å². The quantitative estimate of drug-likeness (QED) is 0.145. The summed E-state index contributed by atoms with van der Waals surface area (Å²) in [7, 11) is 3.60. The monoisotopic (exact) mass is 694 g/mol. The van der Waals surface area contributed by atoms with Gasteiger partial charge >= 0.3 is 6.09 Å². The molecule has 3 N–H and O–H groups in total. The number of rotatable bonds is 11. The molecule has 266 valence electrons. The lowest BCUT2D eigenvalue weighted by molar-refractivity contribution is -0.138. The van der Waals surface area contributed by atoms with Crippen LogP contribution in [0.4, 0.5) is 16.3 Å². The van der Waals surface area contributed by atoms with Gasteiger partial charge in [-0.15, -0.1) is 0 Å². The lowest BCUT2D eigenvalue weighted by atomic mass is 10.1. The molecular formula is C36H50N6O6S. The van der Waals surface area contributed by atoms with E-state index < -0.39 is 17.7 Å². The first-order valence-electron chi connectivity index (χ1n) is 16.0. The fourth-order valence-corrected chi connectivity index (χ4v) is 5.22. The largest absolute Gasteiger partial charge is 0.462 e. The van der Waals surface area contributed by atoms with E-state index in [9.17, 15) is 19.2 Å². The Hall–Kier alpha value is -4.75. The lowest BCUT2D eigenvalue weighted by Gasteiger charge is -2.25. The maximum atomic E-state index is 12.4. The Bertz CT molecular complexity index is 1580. The number of aromatic nitrogens is 2. The highest BCUT2D eigenvalue weighted by atomic mass is 32.1. The maximum Gasteiger partial charge on any atom is 0.412 e. The van der Waals surface area contributed by atoms with Crippen LogP contribution >= 0.6 is 11.3 Å². The number of hydrogen-bond donors (Lipinski definition) is 3. The summed E-state index contributed by atoms with van der Waals surface area (Å²) in [6, 6.07) is 16.8. The van der Waals surface area contributed by atoms with Crippen molar-refractivity contribution in [3.8, 4) is 10.4 Å². The molecule has 0 bridgehead atoms. The number of benzene rings is 2.